The Morgan fingerprint density at radius 3 is 2.86 bits per heavy atom. The Bertz CT molecular complexity index is 328. The van der Waals surface area contributed by atoms with Crippen molar-refractivity contribution in [2.45, 2.75) is 6.92 Å². The lowest BCUT2D eigenvalue weighted by molar-refractivity contribution is 0.628. The van der Waals surface area contributed by atoms with E-state index in [4.69, 9.17) is 12.2 Å². The average molecular weight is 212 g/mol. The second-order valence-corrected chi connectivity index (χ2v) is 3.26. The molecule has 0 aliphatic carbocycles. The molecular weight excluding hydrogens is 199 g/mol. The van der Waals surface area contributed by atoms with Crippen LogP contribution < -0.4 is 10.2 Å². The zero-order valence-corrected chi connectivity index (χ0v) is 9.07. The monoisotopic (exact) mass is 212 g/mol. The molecule has 0 atom stereocenters. The van der Waals surface area contributed by atoms with E-state index in [1.54, 1.807) is 18.0 Å². The van der Waals surface area contributed by atoms with Crippen LogP contribution in [0.3, 0.4) is 0 Å². The minimum atomic E-state index is -0.256. The molecule has 0 fully saturated rings. The molecule has 0 amide bonds. The van der Waals surface area contributed by atoms with Gasteiger partial charge in [0.15, 0.2) is 5.11 Å². The zero-order valence-electron chi connectivity index (χ0n) is 8.25. The predicted molar refractivity (Wildman–Crippen MR) is 61.1 cm³/mol. The molecule has 0 saturated carbocycles. The van der Waals surface area contributed by atoms with Gasteiger partial charge in [0.1, 0.15) is 5.82 Å². The summed E-state index contributed by atoms with van der Waals surface area (Å²) in [6.07, 6.45) is 0. The van der Waals surface area contributed by atoms with Gasteiger partial charge in [-0.15, -0.1) is 0 Å². The van der Waals surface area contributed by atoms with Gasteiger partial charge in [0, 0.05) is 19.3 Å². The average Bonchev–Trinajstić information content (AvgIpc) is 2.17. The summed E-state index contributed by atoms with van der Waals surface area (Å²) in [6.45, 7) is 2.73. The Balaban J connectivity index is 2.78. The van der Waals surface area contributed by atoms with E-state index in [0.717, 1.165) is 12.2 Å². The molecule has 0 radical (unpaired) electrons. The molecule has 0 unspecified atom stereocenters. The van der Waals surface area contributed by atoms with Crippen LogP contribution in [-0.4, -0.2) is 18.7 Å². The first kappa shape index (κ1) is 10.9. The number of rotatable bonds is 2. The first-order valence-electron chi connectivity index (χ1n) is 4.42. The summed E-state index contributed by atoms with van der Waals surface area (Å²) in [7, 11) is 1.81. The van der Waals surface area contributed by atoms with E-state index >= 15 is 0 Å². The van der Waals surface area contributed by atoms with E-state index in [2.05, 4.69) is 5.32 Å². The molecule has 1 N–H and O–H groups in total. The molecule has 0 heterocycles. The van der Waals surface area contributed by atoms with E-state index in [9.17, 15) is 4.39 Å². The SMILES string of the molecule is CCNC(=S)N(C)c1cccc(F)c1. The second-order valence-electron chi connectivity index (χ2n) is 2.87. The van der Waals surface area contributed by atoms with Crippen molar-refractivity contribution in [1.29, 1.82) is 0 Å². The Kier molecular flexibility index (Phi) is 3.83. The number of thiocarbonyl (C=S) groups is 1. The third kappa shape index (κ3) is 2.67. The molecule has 1 aromatic rings. The Labute approximate surface area is 88.7 Å². The minimum Gasteiger partial charge on any atom is -0.363 e. The predicted octanol–water partition coefficient (Wildman–Crippen LogP) is 2.16. The third-order valence-corrected chi connectivity index (χ3v) is 2.25. The molecule has 76 valence electrons. The summed E-state index contributed by atoms with van der Waals surface area (Å²) >= 11 is 5.09. The third-order valence-electron chi connectivity index (χ3n) is 1.83. The molecule has 0 saturated heterocycles. The second kappa shape index (κ2) is 4.91. The molecule has 4 heteroatoms. The first-order valence-corrected chi connectivity index (χ1v) is 4.83. The first-order chi connectivity index (χ1) is 6.65. The highest BCUT2D eigenvalue weighted by atomic mass is 32.1. The highest BCUT2D eigenvalue weighted by molar-refractivity contribution is 7.80. The van der Waals surface area contributed by atoms with E-state index in [0.29, 0.717) is 5.11 Å². The number of hydrogen-bond donors (Lipinski definition) is 1. The van der Waals surface area contributed by atoms with Crippen molar-refractivity contribution in [2.24, 2.45) is 0 Å². The lowest BCUT2D eigenvalue weighted by Crippen LogP contribution is -2.36. The van der Waals surface area contributed by atoms with Crippen LogP contribution in [0.25, 0.3) is 0 Å². The maximum absolute atomic E-state index is 12.9. The highest BCUT2D eigenvalue weighted by Gasteiger charge is 2.05. The van der Waals surface area contributed by atoms with Gasteiger partial charge in [-0.05, 0) is 37.3 Å². The van der Waals surface area contributed by atoms with Crippen molar-refractivity contribution in [3.63, 3.8) is 0 Å². The van der Waals surface area contributed by atoms with Gasteiger partial charge < -0.3 is 10.2 Å². The van der Waals surface area contributed by atoms with Gasteiger partial charge in [0.25, 0.3) is 0 Å². The zero-order chi connectivity index (χ0) is 10.6. The minimum absolute atomic E-state index is 0.256. The van der Waals surface area contributed by atoms with Crippen LogP contribution in [0.2, 0.25) is 0 Å². The van der Waals surface area contributed by atoms with Gasteiger partial charge in [0.2, 0.25) is 0 Å². The van der Waals surface area contributed by atoms with Gasteiger partial charge >= 0.3 is 0 Å². The molecule has 0 aliphatic heterocycles. The molecule has 1 aromatic carbocycles. The Morgan fingerprint density at radius 1 is 1.57 bits per heavy atom. The smallest absolute Gasteiger partial charge is 0.173 e. The van der Waals surface area contributed by atoms with Crippen LogP contribution in [0.4, 0.5) is 10.1 Å². The van der Waals surface area contributed by atoms with Crippen LogP contribution >= 0.6 is 12.2 Å². The lowest BCUT2D eigenvalue weighted by atomic mass is 10.3. The molecule has 14 heavy (non-hydrogen) atoms. The normalized spacial score (nSPS) is 9.64. The fourth-order valence-electron chi connectivity index (χ4n) is 1.07. The van der Waals surface area contributed by atoms with Crippen LogP contribution in [0, 0.1) is 5.82 Å². The number of nitrogens with zero attached hydrogens (tertiary/aromatic N) is 1. The van der Waals surface area contributed by atoms with E-state index in [-0.39, 0.29) is 5.82 Å². The van der Waals surface area contributed by atoms with E-state index in [1.807, 2.05) is 13.0 Å². The number of benzene rings is 1. The van der Waals surface area contributed by atoms with Crippen LogP contribution in [-0.2, 0) is 0 Å². The van der Waals surface area contributed by atoms with Gasteiger partial charge in [0.05, 0.1) is 0 Å². The number of nitrogens with one attached hydrogen (secondary N) is 1. The number of halogens is 1. The molecule has 1 rings (SSSR count). The summed E-state index contributed by atoms with van der Waals surface area (Å²) in [6, 6.07) is 6.33. The van der Waals surface area contributed by atoms with Crippen molar-refractivity contribution < 1.29 is 4.39 Å². The van der Waals surface area contributed by atoms with Crippen LogP contribution in [0.15, 0.2) is 24.3 Å². The maximum atomic E-state index is 12.9. The van der Waals surface area contributed by atoms with E-state index < -0.39 is 0 Å². The molecule has 0 bridgehead atoms. The standard InChI is InChI=1S/C10H13FN2S/c1-3-12-10(14)13(2)9-6-4-5-8(11)7-9/h4-7H,3H2,1-2H3,(H,12,14). The fraction of sp³-hybridized carbons (Fsp3) is 0.300. The Hall–Kier alpha value is -1.16. The van der Waals surface area contributed by atoms with Gasteiger partial charge in [-0.25, -0.2) is 4.39 Å². The molecule has 0 aromatic heterocycles. The molecule has 2 nitrogen and oxygen atoms in total. The summed E-state index contributed by atoms with van der Waals surface area (Å²) in [4.78, 5) is 1.74. The summed E-state index contributed by atoms with van der Waals surface area (Å²) in [5.74, 6) is -0.256. The molecule has 0 spiro atoms. The van der Waals surface area contributed by atoms with Crippen molar-refractivity contribution in [3.05, 3.63) is 30.1 Å². The fourth-order valence-corrected chi connectivity index (χ4v) is 1.32. The van der Waals surface area contributed by atoms with E-state index in [1.165, 1.54) is 12.1 Å². The topological polar surface area (TPSA) is 15.3 Å². The van der Waals surface area contributed by atoms with Crippen molar-refractivity contribution in [1.82, 2.24) is 5.32 Å². The summed E-state index contributed by atoms with van der Waals surface area (Å²) < 4.78 is 12.9. The van der Waals surface area contributed by atoms with Crippen molar-refractivity contribution in [2.75, 3.05) is 18.5 Å². The van der Waals surface area contributed by atoms with Gasteiger partial charge in [-0.3, -0.25) is 0 Å². The quantitative estimate of drug-likeness (QED) is 0.756. The van der Waals surface area contributed by atoms with Crippen LogP contribution in [0.5, 0.6) is 0 Å². The maximum Gasteiger partial charge on any atom is 0.173 e. The Morgan fingerprint density at radius 2 is 2.29 bits per heavy atom. The van der Waals surface area contributed by atoms with Gasteiger partial charge in [-0.1, -0.05) is 6.07 Å². The molecular formula is C10H13FN2S. The summed E-state index contributed by atoms with van der Waals surface area (Å²) in [5.41, 5.74) is 0.746. The summed E-state index contributed by atoms with van der Waals surface area (Å²) in [5, 5.41) is 3.59. The van der Waals surface area contributed by atoms with Crippen molar-refractivity contribution in [3.8, 4) is 0 Å². The van der Waals surface area contributed by atoms with Crippen molar-refractivity contribution >= 4 is 23.0 Å². The number of anilines is 1. The van der Waals surface area contributed by atoms with Crippen LogP contribution in [0.1, 0.15) is 6.92 Å². The highest BCUT2D eigenvalue weighted by Crippen LogP contribution is 2.13. The lowest BCUT2D eigenvalue weighted by Gasteiger charge is -2.20. The van der Waals surface area contributed by atoms with Gasteiger partial charge in [-0.2, -0.15) is 0 Å². The molecule has 0 aliphatic rings. The number of hydrogen-bond acceptors (Lipinski definition) is 1. The largest absolute Gasteiger partial charge is 0.363 e.